The molecule has 0 bridgehead atoms. The number of ether oxygens (including phenoxy) is 1. The van der Waals surface area contributed by atoms with E-state index in [0.717, 1.165) is 37.6 Å². The van der Waals surface area contributed by atoms with Crippen LogP contribution in [0, 0.1) is 5.82 Å². The van der Waals surface area contributed by atoms with Gasteiger partial charge < -0.3 is 19.4 Å². The Balaban J connectivity index is 1.47. The molecule has 1 amide bonds. The number of piperazine rings is 1. The summed E-state index contributed by atoms with van der Waals surface area (Å²) < 4.78 is 17.8. The maximum absolute atomic E-state index is 13.0. The highest BCUT2D eigenvalue weighted by molar-refractivity contribution is 8.00. The van der Waals surface area contributed by atoms with Crippen molar-refractivity contribution in [1.29, 1.82) is 0 Å². The van der Waals surface area contributed by atoms with E-state index in [-0.39, 0.29) is 22.9 Å². The van der Waals surface area contributed by atoms with E-state index in [1.165, 1.54) is 24.1 Å². The number of nitrogens with zero attached hydrogens (tertiary/aromatic N) is 2. The molecule has 1 atom stereocenters. The van der Waals surface area contributed by atoms with Gasteiger partial charge in [0, 0.05) is 24.5 Å². The van der Waals surface area contributed by atoms with Crippen LogP contribution in [-0.4, -0.2) is 80.7 Å². The Hall–Kier alpha value is -1.80. The number of methoxy groups -OCH3 is 1. The van der Waals surface area contributed by atoms with Crippen molar-refractivity contribution in [3.8, 4) is 0 Å². The lowest BCUT2D eigenvalue weighted by molar-refractivity contribution is -0.892. The average molecular weight is 382 g/mol. The third-order valence-corrected chi connectivity index (χ3v) is 6.11. The number of carbonyl (C=O) groups excluding carboxylic acids is 2. The number of quaternary nitrogens is 1. The number of hydrogen-bond acceptors (Lipinski definition) is 5. The minimum atomic E-state index is -0.275. The molecule has 0 spiro atoms. The predicted molar refractivity (Wildman–Crippen MR) is 99.0 cm³/mol. The first kappa shape index (κ1) is 19.0. The van der Waals surface area contributed by atoms with Crippen LogP contribution in [0.25, 0.3) is 0 Å². The molecule has 8 heteroatoms. The molecular formula is C18H25FN3O3S+. The summed E-state index contributed by atoms with van der Waals surface area (Å²) in [5.74, 6) is 0.380. The van der Waals surface area contributed by atoms with E-state index in [9.17, 15) is 14.0 Å². The number of hydrogen-bond donors (Lipinski definition) is 1. The summed E-state index contributed by atoms with van der Waals surface area (Å²) >= 11 is 1.55. The van der Waals surface area contributed by atoms with Crippen LogP contribution in [0.3, 0.4) is 0 Å². The van der Waals surface area contributed by atoms with Crippen molar-refractivity contribution >= 4 is 29.3 Å². The van der Waals surface area contributed by atoms with Gasteiger partial charge >= 0.3 is 5.97 Å². The molecular weight excluding hydrogens is 357 g/mol. The van der Waals surface area contributed by atoms with Crippen LogP contribution >= 0.6 is 11.8 Å². The first-order valence-electron chi connectivity index (χ1n) is 8.88. The highest BCUT2D eigenvalue weighted by atomic mass is 32.2. The van der Waals surface area contributed by atoms with Gasteiger partial charge in [0.2, 0.25) is 0 Å². The zero-order chi connectivity index (χ0) is 18.5. The number of halogens is 1. The van der Waals surface area contributed by atoms with Crippen molar-refractivity contribution in [1.82, 2.24) is 4.90 Å². The van der Waals surface area contributed by atoms with Crippen molar-refractivity contribution < 1.29 is 23.6 Å². The molecule has 1 aromatic carbocycles. The summed E-state index contributed by atoms with van der Waals surface area (Å²) in [5.41, 5.74) is 1.02. The van der Waals surface area contributed by atoms with Crippen LogP contribution in [0.5, 0.6) is 0 Å². The van der Waals surface area contributed by atoms with E-state index in [0.29, 0.717) is 19.6 Å². The third-order valence-electron chi connectivity index (χ3n) is 4.95. The van der Waals surface area contributed by atoms with Crippen LogP contribution in [0.15, 0.2) is 24.3 Å². The fraction of sp³-hybridized carbons (Fsp3) is 0.556. The minimum Gasteiger partial charge on any atom is -0.468 e. The number of benzene rings is 1. The number of anilines is 1. The number of rotatable bonds is 4. The Morgan fingerprint density at radius 3 is 2.58 bits per heavy atom. The summed E-state index contributed by atoms with van der Waals surface area (Å²) in [6, 6.07) is 6.54. The van der Waals surface area contributed by atoms with Gasteiger partial charge in [-0.2, -0.15) is 0 Å². The van der Waals surface area contributed by atoms with Gasteiger partial charge in [-0.25, -0.2) is 4.39 Å². The Bertz CT molecular complexity index is 635. The molecule has 6 nitrogen and oxygen atoms in total. The van der Waals surface area contributed by atoms with Crippen LogP contribution < -0.4 is 9.80 Å². The summed E-state index contributed by atoms with van der Waals surface area (Å²) in [5, 5.41) is -0.275. The van der Waals surface area contributed by atoms with E-state index in [4.69, 9.17) is 4.74 Å². The lowest BCUT2D eigenvalue weighted by Crippen LogP contribution is -3.16. The fourth-order valence-electron chi connectivity index (χ4n) is 3.39. The first-order chi connectivity index (χ1) is 12.6. The maximum Gasteiger partial charge on any atom is 0.320 e. The summed E-state index contributed by atoms with van der Waals surface area (Å²) in [6.07, 6.45) is 0. The average Bonchev–Trinajstić information content (AvgIpc) is 2.68. The van der Waals surface area contributed by atoms with Gasteiger partial charge in [0.05, 0.1) is 33.3 Å². The molecule has 0 unspecified atom stereocenters. The van der Waals surface area contributed by atoms with Gasteiger partial charge in [0.25, 0.3) is 5.91 Å². The highest BCUT2D eigenvalue weighted by Crippen LogP contribution is 2.19. The topological polar surface area (TPSA) is 54.3 Å². The summed E-state index contributed by atoms with van der Waals surface area (Å²) in [4.78, 5) is 29.6. The van der Waals surface area contributed by atoms with Gasteiger partial charge in [-0.05, 0) is 24.3 Å². The Morgan fingerprint density at radius 1 is 1.23 bits per heavy atom. The van der Waals surface area contributed by atoms with Crippen LogP contribution in [-0.2, 0) is 14.3 Å². The number of carbonyl (C=O) groups is 2. The number of amides is 1. The summed E-state index contributed by atoms with van der Waals surface area (Å²) in [6.45, 7) is 5.00. The lowest BCUT2D eigenvalue weighted by Gasteiger charge is -2.35. The molecule has 26 heavy (non-hydrogen) atoms. The normalized spacial score (nSPS) is 21.5. The highest BCUT2D eigenvalue weighted by Gasteiger charge is 2.31. The van der Waals surface area contributed by atoms with E-state index in [1.54, 1.807) is 28.8 Å². The van der Waals surface area contributed by atoms with Crippen molar-refractivity contribution in [3.05, 3.63) is 30.1 Å². The van der Waals surface area contributed by atoms with Crippen LogP contribution in [0.2, 0.25) is 0 Å². The quantitative estimate of drug-likeness (QED) is 0.722. The largest absolute Gasteiger partial charge is 0.468 e. The molecule has 2 fully saturated rings. The molecule has 142 valence electrons. The van der Waals surface area contributed by atoms with E-state index in [2.05, 4.69) is 4.90 Å². The number of thioether (sulfide) groups is 1. The lowest BCUT2D eigenvalue weighted by atomic mass is 10.2. The molecule has 1 N–H and O–H groups in total. The van der Waals surface area contributed by atoms with Crippen molar-refractivity contribution in [2.75, 3.05) is 63.6 Å². The summed E-state index contributed by atoms with van der Waals surface area (Å²) in [7, 11) is 1.38. The third kappa shape index (κ3) is 4.67. The SMILES string of the molecule is COC(=O)[C@H]1CN(C(=O)C[NH+]2CCN(c3ccc(F)cc3)CC2)CCS1. The smallest absolute Gasteiger partial charge is 0.320 e. The van der Waals surface area contributed by atoms with Crippen molar-refractivity contribution in [2.45, 2.75) is 5.25 Å². The molecule has 0 radical (unpaired) electrons. The molecule has 0 aromatic heterocycles. The Kier molecular flexibility index (Phi) is 6.37. The minimum absolute atomic E-state index is 0.101. The van der Waals surface area contributed by atoms with E-state index < -0.39 is 0 Å². The second-order valence-electron chi connectivity index (χ2n) is 6.61. The standard InChI is InChI=1S/C18H24FN3O3S/c1-25-18(24)16-12-22(10-11-26-16)17(23)13-20-6-8-21(9-7-20)15-4-2-14(19)3-5-15/h2-5,16H,6-13H2,1H3/p+1/t16-/m1/s1. The van der Waals surface area contributed by atoms with E-state index in [1.807, 2.05) is 0 Å². The second kappa shape index (κ2) is 8.73. The predicted octanol–water partition coefficient (Wildman–Crippen LogP) is -0.352. The van der Waals surface area contributed by atoms with Crippen molar-refractivity contribution in [3.63, 3.8) is 0 Å². The van der Waals surface area contributed by atoms with Crippen LogP contribution in [0.4, 0.5) is 10.1 Å². The van der Waals surface area contributed by atoms with Gasteiger partial charge in [-0.15, -0.1) is 11.8 Å². The Morgan fingerprint density at radius 2 is 1.92 bits per heavy atom. The molecule has 2 heterocycles. The molecule has 2 aliphatic heterocycles. The van der Waals surface area contributed by atoms with Gasteiger partial charge in [0.15, 0.2) is 6.54 Å². The van der Waals surface area contributed by atoms with Crippen LogP contribution in [0.1, 0.15) is 0 Å². The fourth-order valence-corrected chi connectivity index (χ4v) is 4.51. The zero-order valence-electron chi connectivity index (χ0n) is 14.9. The number of esters is 1. The maximum atomic E-state index is 13.0. The van der Waals surface area contributed by atoms with Crippen molar-refractivity contribution in [2.24, 2.45) is 0 Å². The Labute approximate surface area is 157 Å². The van der Waals surface area contributed by atoms with Gasteiger partial charge in [0.1, 0.15) is 11.1 Å². The van der Waals surface area contributed by atoms with Gasteiger partial charge in [-0.3, -0.25) is 9.59 Å². The first-order valence-corrected chi connectivity index (χ1v) is 9.93. The molecule has 0 saturated carbocycles. The second-order valence-corrected chi connectivity index (χ2v) is 7.92. The molecule has 2 aliphatic rings. The van der Waals surface area contributed by atoms with E-state index >= 15 is 0 Å². The molecule has 0 aliphatic carbocycles. The molecule has 3 rings (SSSR count). The molecule has 1 aromatic rings. The zero-order valence-corrected chi connectivity index (χ0v) is 15.8. The molecule has 2 saturated heterocycles. The monoisotopic (exact) mass is 382 g/mol. The van der Waals surface area contributed by atoms with Gasteiger partial charge in [-0.1, -0.05) is 0 Å². The number of nitrogens with one attached hydrogen (secondary N) is 1.